The molecule has 44 heavy (non-hydrogen) atoms. The van der Waals surface area contributed by atoms with Gasteiger partial charge in [-0.05, 0) is 71.5 Å². The Morgan fingerprint density at radius 3 is 2.00 bits per heavy atom. The van der Waals surface area contributed by atoms with E-state index in [1.807, 2.05) is 0 Å². The summed E-state index contributed by atoms with van der Waals surface area (Å²) in [5.74, 6) is -5.61. The van der Waals surface area contributed by atoms with Gasteiger partial charge in [-0.25, -0.2) is 9.18 Å². The fraction of sp³-hybridized carbons (Fsp3) is 0.367. The van der Waals surface area contributed by atoms with Crippen LogP contribution in [0.25, 0.3) is 11.1 Å². The Kier molecular flexibility index (Phi) is 6.37. The van der Waals surface area contributed by atoms with Crippen molar-refractivity contribution in [1.29, 1.82) is 0 Å². The number of hydrogen-bond donors (Lipinski definition) is 0. The van der Waals surface area contributed by atoms with Gasteiger partial charge >= 0.3 is 24.6 Å². The van der Waals surface area contributed by atoms with Crippen molar-refractivity contribution in [1.82, 2.24) is 4.90 Å². The number of rotatable bonds is 6. The second-order valence-electron chi connectivity index (χ2n) is 9.79. The largest absolute Gasteiger partial charge is 0.496 e. The zero-order valence-electron chi connectivity index (χ0n) is 29.4. The molecule has 0 N–H and O–H groups in total. The van der Waals surface area contributed by atoms with Crippen LogP contribution in [0.4, 0.5) is 48.7 Å². The lowest BCUT2D eigenvalue weighted by Crippen LogP contribution is -2.32. The summed E-state index contributed by atoms with van der Waals surface area (Å²) in [6.07, 6.45) is -18.7. The first kappa shape index (κ1) is 24.4. The number of amides is 1. The van der Waals surface area contributed by atoms with Crippen molar-refractivity contribution in [3.63, 3.8) is 0 Å². The van der Waals surface area contributed by atoms with Gasteiger partial charge in [0, 0.05) is 21.2 Å². The minimum Gasteiger partial charge on any atom is -0.496 e. The molecule has 1 aliphatic heterocycles. The molecule has 0 saturated carbocycles. The van der Waals surface area contributed by atoms with Gasteiger partial charge in [0.05, 0.1) is 36.4 Å². The molecular weight excluding hydrogens is 612 g/mol. The minimum absolute atomic E-state index is 0.147. The predicted molar refractivity (Wildman–Crippen MR) is 138 cm³/mol. The summed E-state index contributed by atoms with van der Waals surface area (Å²) < 4.78 is 203. The first-order valence-corrected chi connectivity index (χ1v) is 12.4. The predicted octanol–water partition coefficient (Wildman–Crippen LogP) is 9.76. The molecule has 4 nitrogen and oxygen atoms in total. The first-order chi connectivity index (χ1) is 23.0. The summed E-state index contributed by atoms with van der Waals surface area (Å²) in [4.78, 5) is 13.8. The number of cyclic esters (lactones) is 1. The molecule has 4 rings (SSSR count). The van der Waals surface area contributed by atoms with Crippen LogP contribution in [0, 0.1) is 5.82 Å². The van der Waals surface area contributed by atoms with Gasteiger partial charge in [0.2, 0.25) is 0 Å². The average molecular weight is 645 g/mol. The third-order valence-electron chi connectivity index (χ3n) is 6.95. The van der Waals surface area contributed by atoms with Crippen molar-refractivity contribution in [2.75, 3.05) is 7.11 Å². The van der Waals surface area contributed by atoms with E-state index in [2.05, 4.69) is 0 Å². The topological polar surface area (TPSA) is 38.8 Å². The maximum atomic E-state index is 15.4. The number of carbonyl (C=O) groups excluding carboxylic acids is 1. The molecule has 0 bridgehead atoms. The average Bonchev–Trinajstić information content (AvgIpc) is 3.26. The standard InChI is InChI=1S/C30H25F10NO3/c1-14(2)22-11-23(25(43-4)12-24(22)31)21-6-5-18(28(32,33)34)9-17(21)13-41-15(3)26(44-27(41)42)16-7-19(29(35,36)37)10-20(8-16)30(38,39)40/h5-12,14-15,26H,13H2,1-4H3/t15-,26-/m0/s1/i1D3,2D3,14D. The molecule has 1 aliphatic rings. The molecule has 2 atom stereocenters. The summed E-state index contributed by atoms with van der Waals surface area (Å²) in [6.45, 7) is -7.10. The maximum absolute atomic E-state index is 15.4. The highest BCUT2D eigenvalue weighted by Gasteiger charge is 2.44. The van der Waals surface area contributed by atoms with Crippen LogP contribution < -0.4 is 4.74 Å². The number of carbonyl (C=O) groups is 1. The molecule has 0 radical (unpaired) electrons. The molecule has 238 valence electrons. The van der Waals surface area contributed by atoms with E-state index in [0.29, 0.717) is 41.3 Å². The number of alkyl halides is 9. The Balaban J connectivity index is 1.90. The molecule has 0 aliphatic carbocycles. The van der Waals surface area contributed by atoms with Crippen molar-refractivity contribution < 1.29 is 67.8 Å². The summed E-state index contributed by atoms with van der Waals surface area (Å²) >= 11 is 0. The van der Waals surface area contributed by atoms with E-state index in [1.165, 1.54) is 0 Å². The van der Waals surface area contributed by atoms with Gasteiger partial charge in [-0.3, -0.25) is 4.90 Å². The van der Waals surface area contributed by atoms with E-state index in [-0.39, 0.29) is 11.6 Å². The molecular formula is C30H25F10NO3. The lowest BCUT2D eigenvalue weighted by atomic mass is 9.91. The molecule has 0 spiro atoms. The molecule has 14 heteroatoms. The molecule has 0 aromatic heterocycles. The third-order valence-corrected chi connectivity index (χ3v) is 6.95. The van der Waals surface area contributed by atoms with Crippen LogP contribution >= 0.6 is 0 Å². The smallest absolute Gasteiger partial charge is 0.416 e. The number of hydrogen-bond acceptors (Lipinski definition) is 3. The van der Waals surface area contributed by atoms with Gasteiger partial charge in [0.25, 0.3) is 0 Å². The highest BCUT2D eigenvalue weighted by atomic mass is 19.4. The van der Waals surface area contributed by atoms with Crippen LogP contribution in [0.2, 0.25) is 0 Å². The van der Waals surface area contributed by atoms with Gasteiger partial charge in [0.15, 0.2) is 0 Å². The van der Waals surface area contributed by atoms with Gasteiger partial charge < -0.3 is 9.47 Å². The van der Waals surface area contributed by atoms with Crippen molar-refractivity contribution in [2.24, 2.45) is 0 Å². The van der Waals surface area contributed by atoms with Crippen molar-refractivity contribution in [3.8, 4) is 16.9 Å². The molecule has 3 aromatic rings. The lowest BCUT2D eigenvalue weighted by molar-refractivity contribution is -0.143. The summed E-state index contributed by atoms with van der Waals surface area (Å²) in [6, 6.07) is 2.07. The normalized spacial score (nSPS) is 21.0. The second-order valence-corrected chi connectivity index (χ2v) is 9.79. The van der Waals surface area contributed by atoms with Crippen LogP contribution in [0.3, 0.4) is 0 Å². The summed E-state index contributed by atoms with van der Waals surface area (Å²) in [7, 11) is 0.984. The number of halogens is 10. The lowest BCUT2D eigenvalue weighted by Gasteiger charge is -2.24. The number of ether oxygens (including phenoxy) is 2. The zero-order chi connectivity index (χ0) is 38.9. The van der Waals surface area contributed by atoms with Gasteiger partial charge in [-0.15, -0.1) is 0 Å². The van der Waals surface area contributed by atoms with Gasteiger partial charge in [0.1, 0.15) is 17.7 Å². The SMILES string of the molecule is [2H]C([2H])([2H])C([2H])(c1cc(-c2ccc(C(F)(F)F)cc2CN2C(=O)O[C@H](c3cc(C(F)(F)F)cc(C(F)(F)F)c3)[C@@H]2C)c(OC)cc1F)C([2H])([2H])[2H]. The minimum atomic E-state index is -5.25. The summed E-state index contributed by atoms with van der Waals surface area (Å²) in [5, 5.41) is 0. The van der Waals surface area contributed by atoms with E-state index in [4.69, 9.17) is 19.1 Å². The molecule has 1 heterocycles. The van der Waals surface area contributed by atoms with E-state index >= 15 is 4.39 Å². The van der Waals surface area contributed by atoms with E-state index in [0.717, 1.165) is 20.1 Å². The van der Waals surface area contributed by atoms with Crippen molar-refractivity contribution >= 4 is 6.09 Å². The Bertz CT molecular complexity index is 1780. The van der Waals surface area contributed by atoms with Crippen molar-refractivity contribution in [3.05, 3.63) is 87.7 Å². The molecule has 3 aromatic carbocycles. The van der Waals surface area contributed by atoms with E-state index < -0.39 is 113 Å². The van der Waals surface area contributed by atoms with E-state index in [9.17, 15) is 44.3 Å². The van der Waals surface area contributed by atoms with Gasteiger partial charge in [-0.2, -0.15) is 39.5 Å². The Morgan fingerprint density at radius 1 is 0.886 bits per heavy atom. The Morgan fingerprint density at radius 2 is 1.48 bits per heavy atom. The highest BCUT2D eigenvalue weighted by Crippen LogP contribution is 2.43. The first-order valence-electron chi connectivity index (χ1n) is 15.9. The van der Waals surface area contributed by atoms with Crippen LogP contribution in [0.5, 0.6) is 5.75 Å². The summed E-state index contributed by atoms with van der Waals surface area (Å²) in [5.41, 5.74) is -7.89. The Labute approximate surface area is 255 Å². The zero-order valence-corrected chi connectivity index (χ0v) is 22.4. The number of benzene rings is 3. The van der Waals surface area contributed by atoms with Crippen LogP contribution in [-0.2, 0) is 29.8 Å². The molecule has 1 amide bonds. The van der Waals surface area contributed by atoms with Crippen LogP contribution in [0.1, 0.15) is 75.6 Å². The molecule has 1 saturated heterocycles. The molecule has 1 fully saturated rings. The number of nitrogens with zero attached hydrogens (tertiary/aromatic N) is 1. The van der Waals surface area contributed by atoms with Crippen LogP contribution in [-0.4, -0.2) is 24.1 Å². The maximum Gasteiger partial charge on any atom is 0.416 e. The second kappa shape index (κ2) is 11.5. The fourth-order valence-electron chi connectivity index (χ4n) is 4.78. The highest BCUT2D eigenvalue weighted by molar-refractivity contribution is 5.76. The van der Waals surface area contributed by atoms with Gasteiger partial charge in [-0.1, -0.05) is 19.8 Å². The quantitative estimate of drug-likeness (QED) is 0.251. The van der Waals surface area contributed by atoms with E-state index in [1.54, 1.807) is 0 Å². The molecule has 0 unspecified atom stereocenters. The number of methoxy groups -OCH3 is 1. The fourth-order valence-corrected chi connectivity index (χ4v) is 4.78. The third kappa shape index (κ3) is 6.58. The van der Waals surface area contributed by atoms with Crippen LogP contribution in [0.15, 0.2) is 48.5 Å². The monoisotopic (exact) mass is 644 g/mol. The van der Waals surface area contributed by atoms with Crippen molar-refractivity contribution in [2.45, 2.75) is 63.7 Å². The Hall–Kier alpha value is -3.97.